The van der Waals surface area contributed by atoms with Crippen LogP contribution in [0.1, 0.15) is 26.7 Å². The maximum absolute atomic E-state index is 12.2. The van der Waals surface area contributed by atoms with Crippen molar-refractivity contribution in [2.75, 3.05) is 23.5 Å². The molecule has 0 saturated heterocycles. The largest absolute Gasteiger partial charge is 0.300 e. The molecule has 1 nitrogen and oxygen atoms in total. The number of alkyl halides is 1. The summed E-state index contributed by atoms with van der Waals surface area (Å²) >= 11 is 8.89. The molecule has 0 amide bonds. The summed E-state index contributed by atoms with van der Waals surface area (Å²) in [6.07, 6.45) is 2.84. The average Bonchev–Trinajstić information content (AvgIpc) is 2.12. The van der Waals surface area contributed by atoms with Crippen molar-refractivity contribution >= 4 is 39.9 Å². The molecule has 0 rings (SSSR count). The van der Waals surface area contributed by atoms with E-state index in [-0.39, 0.29) is 0 Å². The normalized spacial score (nSPS) is 11.9. The van der Waals surface area contributed by atoms with Crippen LogP contribution in [0.2, 0.25) is 0 Å². The zero-order chi connectivity index (χ0) is 10.2. The van der Waals surface area contributed by atoms with Gasteiger partial charge in [-0.3, -0.25) is 0 Å². The smallest absolute Gasteiger partial charge is 0.192 e. The molecule has 0 aliphatic carbocycles. The Morgan fingerprint density at radius 1 is 1.15 bits per heavy atom. The van der Waals surface area contributed by atoms with Crippen molar-refractivity contribution in [2.45, 2.75) is 26.7 Å². The van der Waals surface area contributed by atoms with Crippen molar-refractivity contribution in [3.05, 3.63) is 0 Å². The third-order valence-corrected chi connectivity index (χ3v) is 11.0. The molecule has 0 radical (unpaired) electrons. The Kier molecular flexibility index (Phi) is 9.32. The molecule has 0 N–H and O–H groups in total. The van der Waals surface area contributed by atoms with Gasteiger partial charge >= 0.3 is 0 Å². The predicted octanol–water partition coefficient (Wildman–Crippen LogP) is 4.70. The summed E-state index contributed by atoms with van der Waals surface area (Å²) in [5.74, 6) is 2.50. The minimum absolute atomic E-state index is 0.519. The third-order valence-electron chi connectivity index (χ3n) is 1.34. The summed E-state index contributed by atoms with van der Waals surface area (Å²) < 4.78 is 12.2. The molecule has 0 aliphatic rings. The van der Waals surface area contributed by atoms with Crippen molar-refractivity contribution < 1.29 is 4.57 Å². The Morgan fingerprint density at radius 3 is 1.92 bits per heavy atom. The van der Waals surface area contributed by atoms with Gasteiger partial charge < -0.3 is 4.57 Å². The fourth-order valence-electron chi connectivity index (χ4n) is 0.731. The number of rotatable bonds is 8. The van der Waals surface area contributed by atoms with Crippen molar-refractivity contribution in [2.24, 2.45) is 0 Å². The van der Waals surface area contributed by atoms with Crippen LogP contribution in [-0.4, -0.2) is 23.5 Å². The van der Waals surface area contributed by atoms with Gasteiger partial charge in [-0.15, -0.1) is 11.6 Å². The van der Waals surface area contributed by atoms with E-state index in [0.717, 1.165) is 24.3 Å². The van der Waals surface area contributed by atoms with Gasteiger partial charge in [0, 0.05) is 23.5 Å². The highest BCUT2D eigenvalue weighted by atomic mass is 35.5. The molecule has 5 heteroatoms. The second-order valence-electron chi connectivity index (χ2n) is 2.69. The van der Waals surface area contributed by atoms with Crippen LogP contribution in [0.25, 0.3) is 0 Å². The lowest BCUT2D eigenvalue weighted by molar-refractivity contribution is 0.594. The van der Waals surface area contributed by atoms with Gasteiger partial charge in [-0.2, -0.15) is 0 Å². The van der Waals surface area contributed by atoms with Crippen molar-refractivity contribution in [3.63, 3.8) is 0 Å². The summed E-state index contributed by atoms with van der Waals surface area (Å²) in [5, 5.41) is 0. The van der Waals surface area contributed by atoms with E-state index in [4.69, 9.17) is 11.6 Å². The van der Waals surface area contributed by atoms with Gasteiger partial charge in [0.25, 0.3) is 0 Å². The fraction of sp³-hybridized carbons (Fsp3) is 1.00. The van der Waals surface area contributed by atoms with E-state index in [2.05, 4.69) is 13.8 Å². The topological polar surface area (TPSA) is 17.1 Å². The molecular formula is C8H18ClOPS2. The minimum Gasteiger partial charge on any atom is -0.300 e. The Morgan fingerprint density at radius 2 is 1.62 bits per heavy atom. The fourth-order valence-corrected chi connectivity index (χ4v) is 9.83. The van der Waals surface area contributed by atoms with Gasteiger partial charge in [0.15, 0.2) is 5.55 Å². The van der Waals surface area contributed by atoms with Crippen LogP contribution in [0.4, 0.5) is 0 Å². The lowest BCUT2D eigenvalue weighted by Gasteiger charge is -2.14. The molecule has 0 atom stereocenters. The summed E-state index contributed by atoms with van der Waals surface area (Å²) in [7, 11) is 0. The first kappa shape index (κ1) is 14.2. The summed E-state index contributed by atoms with van der Waals surface area (Å²) in [6.45, 7) is 4.23. The van der Waals surface area contributed by atoms with Crippen LogP contribution in [0.15, 0.2) is 0 Å². The summed E-state index contributed by atoms with van der Waals surface area (Å²) in [4.78, 5) is 0. The van der Waals surface area contributed by atoms with Crippen molar-refractivity contribution in [1.82, 2.24) is 0 Å². The molecular weight excluding hydrogens is 243 g/mol. The van der Waals surface area contributed by atoms with Gasteiger partial charge in [0.2, 0.25) is 0 Å². The molecule has 0 aromatic heterocycles. The number of halogens is 1. The SMILES string of the molecule is CCCSP(=O)(CCCl)SCCC. The molecule has 0 unspecified atom stereocenters. The average molecular weight is 261 g/mol. The first-order valence-corrected chi connectivity index (χ1v) is 10.2. The first-order valence-electron chi connectivity index (χ1n) is 4.62. The monoisotopic (exact) mass is 260 g/mol. The van der Waals surface area contributed by atoms with E-state index in [0.29, 0.717) is 12.0 Å². The molecule has 0 spiro atoms. The number of hydrogen-bond donors (Lipinski definition) is 0. The Labute approximate surface area is 94.6 Å². The Balaban J connectivity index is 3.92. The lowest BCUT2D eigenvalue weighted by atomic mass is 10.6. The van der Waals surface area contributed by atoms with E-state index in [9.17, 15) is 4.57 Å². The highest BCUT2D eigenvalue weighted by Crippen LogP contribution is 2.69. The molecule has 0 aromatic rings. The summed E-state index contributed by atoms with van der Waals surface area (Å²) in [5.41, 5.74) is -2.05. The van der Waals surface area contributed by atoms with Gasteiger partial charge in [0.1, 0.15) is 0 Å². The molecule has 0 fully saturated rings. The lowest BCUT2D eigenvalue weighted by Crippen LogP contribution is -1.87. The van der Waals surface area contributed by atoms with Crippen molar-refractivity contribution in [3.8, 4) is 0 Å². The zero-order valence-electron chi connectivity index (χ0n) is 8.29. The van der Waals surface area contributed by atoms with Crippen molar-refractivity contribution in [1.29, 1.82) is 0 Å². The maximum atomic E-state index is 12.2. The zero-order valence-corrected chi connectivity index (χ0v) is 11.6. The highest BCUT2D eigenvalue weighted by Gasteiger charge is 2.21. The van der Waals surface area contributed by atoms with Gasteiger partial charge in [-0.1, -0.05) is 36.6 Å². The van der Waals surface area contributed by atoms with Gasteiger partial charge in [-0.25, -0.2) is 0 Å². The molecule has 13 heavy (non-hydrogen) atoms. The van der Waals surface area contributed by atoms with Crippen LogP contribution in [0, 0.1) is 0 Å². The van der Waals surface area contributed by atoms with Gasteiger partial charge in [0.05, 0.1) is 0 Å². The molecule has 0 heterocycles. The van der Waals surface area contributed by atoms with Crippen LogP contribution in [-0.2, 0) is 4.57 Å². The highest BCUT2D eigenvalue weighted by molar-refractivity contribution is 8.90. The third kappa shape index (κ3) is 7.18. The minimum atomic E-state index is -2.05. The van der Waals surface area contributed by atoms with E-state index in [1.54, 1.807) is 22.8 Å². The molecule has 0 bridgehead atoms. The van der Waals surface area contributed by atoms with E-state index >= 15 is 0 Å². The maximum Gasteiger partial charge on any atom is 0.192 e. The quantitative estimate of drug-likeness (QED) is 0.465. The Bertz CT molecular complexity index is 154. The summed E-state index contributed by atoms with van der Waals surface area (Å²) in [6, 6.07) is 0. The van der Waals surface area contributed by atoms with Crippen LogP contribution >= 0.6 is 39.9 Å². The Hall–Kier alpha value is 1.22. The van der Waals surface area contributed by atoms with E-state index in [1.807, 2.05) is 0 Å². The first-order chi connectivity index (χ1) is 6.18. The molecule has 80 valence electrons. The van der Waals surface area contributed by atoms with E-state index in [1.165, 1.54) is 0 Å². The van der Waals surface area contributed by atoms with Crippen LogP contribution in [0.5, 0.6) is 0 Å². The molecule has 0 aliphatic heterocycles. The standard InChI is InChI=1S/C8H18ClOPS2/c1-3-7-12-11(10,6-5-9)13-8-4-2/h3-8H2,1-2H3. The molecule has 0 saturated carbocycles. The van der Waals surface area contributed by atoms with E-state index < -0.39 is 5.55 Å². The second-order valence-corrected chi connectivity index (χ2v) is 11.9. The second kappa shape index (κ2) is 8.52. The van der Waals surface area contributed by atoms with Crippen LogP contribution < -0.4 is 0 Å². The number of hydrogen-bond acceptors (Lipinski definition) is 3. The predicted molar refractivity (Wildman–Crippen MR) is 68.7 cm³/mol. The molecule has 0 aromatic carbocycles. The van der Waals surface area contributed by atoms with Gasteiger partial charge in [-0.05, 0) is 12.8 Å². The van der Waals surface area contributed by atoms with Crippen LogP contribution in [0.3, 0.4) is 0 Å².